The maximum Gasteiger partial charge on any atom is 0.0712 e. The lowest BCUT2D eigenvalue weighted by atomic mass is 9.60. The fourth-order valence-electron chi connectivity index (χ4n) is 6.94. The monoisotopic (exact) mass is 262 g/mol. The molecule has 0 aromatic rings. The molecule has 0 heterocycles. The highest BCUT2D eigenvalue weighted by Gasteiger charge is 2.63. The molecule has 4 saturated carbocycles. The Bertz CT molecular complexity index is 352. The van der Waals surface area contributed by atoms with Crippen molar-refractivity contribution in [1.82, 2.24) is 0 Å². The lowest BCUT2D eigenvalue weighted by Gasteiger charge is -2.48. The Kier molecular flexibility index (Phi) is 2.99. The Labute approximate surface area is 118 Å². The molecule has 0 saturated heterocycles. The lowest BCUT2D eigenvalue weighted by Crippen LogP contribution is -2.50. The molecule has 19 heavy (non-hydrogen) atoms. The van der Waals surface area contributed by atoms with Crippen LogP contribution in [0.5, 0.6) is 0 Å². The topological polar surface area (TPSA) is 20.2 Å². The van der Waals surface area contributed by atoms with Crippen LogP contribution in [0.25, 0.3) is 0 Å². The highest BCUT2D eigenvalue weighted by molar-refractivity contribution is 5.13. The molecule has 7 atom stereocenters. The zero-order valence-electron chi connectivity index (χ0n) is 12.5. The average molecular weight is 262 g/mol. The second kappa shape index (κ2) is 4.48. The van der Waals surface area contributed by atoms with Crippen LogP contribution in [0.15, 0.2) is 0 Å². The molecule has 0 radical (unpaired) electrons. The van der Waals surface area contributed by atoms with E-state index >= 15 is 0 Å². The van der Waals surface area contributed by atoms with E-state index in [-0.39, 0.29) is 5.60 Å². The molecule has 4 rings (SSSR count). The summed E-state index contributed by atoms with van der Waals surface area (Å²) in [6.45, 7) is 2.35. The third kappa shape index (κ3) is 1.69. The Balaban J connectivity index is 1.60. The van der Waals surface area contributed by atoms with Gasteiger partial charge in [0.25, 0.3) is 0 Å². The molecular formula is C18H30O. The third-order valence-electron chi connectivity index (χ3n) is 7.61. The number of fused-ring (bicyclic) bond motifs is 5. The van der Waals surface area contributed by atoms with E-state index in [0.717, 1.165) is 23.7 Å². The smallest absolute Gasteiger partial charge is 0.0712 e. The van der Waals surface area contributed by atoms with E-state index in [1.165, 1.54) is 64.2 Å². The van der Waals surface area contributed by atoms with Gasteiger partial charge in [-0.05, 0) is 67.6 Å². The fourth-order valence-corrected chi connectivity index (χ4v) is 6.94. The first kappa shape index (κ1) is 12.7. The van der Waals surface area contributed by atoms with Crippen LogP contribution in [0.3, 0.4) is 0 Å². The summed E-state index contributed by atoms with van der Waals surface area (Å²) in [7, 11) is 0. The Hall–Kier alpha value is -0.0400. The van der Waals surface area contributed by atoms with Gasteiger partial charge < -0.3 is 5.11 Å². The molecule has 4 fully saturated rings. The quantitative estimate of drug-likeness (QED) is 0.782. The first-order valence-corrected chi connectivity index (χ1v) is 8.96. The molecular weight excluding hydrogens is 232 g/mol. The van der Waals surface area contributed by atoms with E-state index in [2.05, 4.69) is 6.92 Å². The molecule has 1 N–H and O–H groups in total. The van der Waals surface area contributed by atoms with Crippen molar-refractivity contribution in [2.75, 3.05) is 0 Å². The SMILES string of the molecule is CCC1CCCCC1C1(O)CC2CC1C1CCCC21. The van der Waals surface area contributed by atoms with Crippen molar-refractivity contribution in [1.29, 1.82) is 0 Å². The maximum absolute atomic E-state index is 11.6. The summed E-state index contributed by atoms with van der Waals surface area (Å²) < 4.78 is 0. The van der Waals surface area contributed by atoms with E-state index in [1.54, 1.807) is 0 Å². The van der Waals surface area contributed by atoms with E-state index in [0.29, 0.717) is 11.8 Å². The summed E-state index contributed by atoms with van der Waals surface area (Å²) in [4.78, 5) is 0. The van der Waals surface area contributed by atoms with Gasteiger partial charge in [-0.15, -0.1) is 0 Å². The molecule has 0 spiro atoms. The molecule has 0 amide bonds. The van der Waals surface area contributed by atoms with Crippen LogP contribution in [0, 0.1) is 35.5 Å². The molecule has 7 unspecified atom stereocenters. The highest BCUT2D eigenvalue weighted by Crippen LogP contribution is 2.65. The summed E-state index contributed by atoms with van der Waals surface area (Å²) in [5.74, 6) is 4.95. The van der Waals surface area contributed by atoms with Crippen molar-refractivity contribution >= 4 is 0 Å². The van der Waals surface area contributed by atoms with Gasteiger partial charge in [-0.2, -0.15) is 0 Å². The maximum atomic E-state index is 11.6. The van der Waals surface area contributed by atoms with Gasteiger partial charge in [-0.25, -0.2) is 0 Å². The second-order valence-corrected chi connectivity index (χ2v) is 8.12. The molecule has 0 aromatic heterocycles. The average Bonchev–Trinajstić information content (AvgIpc) is 3.09. The summed E-state index contributed by atoms with van der Waals surface area (Å²) in [6.07, 6.45) is 13.7. The second-order valence-electron chi connectivity index (χ2n) is 8.12. The molecule has 108 valence electrons. The fraction of sp³-hybridized carbons (Fsp3) is 1.00. The van der Waals surface area contributed by atoms with Crippen LogP contribution < -0.4 is 0 Å². The Morgan fingerprint density at radius 3 is 2.58 bits per heavy atom. The van der Waals surface area contributed by atoms with Crippen molar-refractivity contribution in [3.8, 4) is 0 Å². The van der Waals surface area contributed by atoms with Gasteiger partial charge >= 0.3 is 0 Å². The lowest BCUT2D eigenvalue weighted by molar-refractivity contribution is -0.118. The van der Waals surface area contributed by atoms with Crippen LogP contribution >= 0.6 is 0 Å². The van der Waals surface area contributed by atoms with Gasteiger partial charge in [0, 0.05) is 0 Å². The zero-order valence-corrected chi connectivity index (χ0v) is 12.5. The summed E-state index contributed by atoms with van der Waals surface area (Å²) in [5, 5.41) is 11.6. The summed E-state index contributed by atoms with van der Waals surface area (Å²) in [6, 6.07) is 0. The van der Waals surface area contributed by atoms with Crippen LogP contribution in [0.1, 0.15) is 71.1 Å². The minimum atomic E-state index is -0.253. The van der Waals surface area contributed by atoms with E-state index in [4.69, 9.17) is 0 Å². The Morgan fingerprint density at radius 2 is 1.74 bits per heavy atom. The third-order valence-corrected chi connectivity index (χ3v) is 7.61. The van der Waals surface area contributed by atoms with Crippen LogP contribution in [-0.4, -0.2) is 10.7 Å². The Morgan fingerprint density at radius 1 is 0.947 bits per heavy atom. The van der Waals surface area contributed by atoms with E-state index in [1.807, 2.05) is 0 Å². The number of hydrogen-bond donors (Lipinski definition) is 1. The van der Waals surface area contributed by atoms with Crippen molar-refractivity contribution in [2.45, 2.75) is 76.7 Å². The molecule has 1 nitrogen and oxygen atoms in total. The van der Waals surface area contributed by atoms with Gasteiger partial charge in [-0.1, -0.05) is 39.0 Å². The predicted molar refractivity (Wildman–Crippen MR) is 77.7 cm³/mol. The van der Waals surface area contributed by atoms with Crippen molar-refractivity contribution in [3.63, 3.8) is 0 Å². The van der Waals surface area contributed by atoms with Crippen LogP contribution in [0.4, 0.5) is 0 Å². The summed E-state index contributed by atoms with van der Waals surface area (Å²) >= 11 is 0. The van der Waals surface area contributed by atoms with Gasteiger partial charge in [0.05, 0.1) is 5.60 Å². The first-order valence-electron chi connectivity index (χ1n) is 8.96. The number of rotatable bonds is 2. The van der Waals surface area contributed by atoms with Crippen molar-refractivity contribution in [2.24, 2.45) is 35.5 Å². The minimum absolute atomic E-state index is 0.253. The summed E-state index contributed by atoms with van der Waals surface area (Å²) in [5.41, 5.74) is -0.253. The largest absolute Gasteiger partial charge is 0.389 e. The molecule has 0 aromatic carbocycles. The van der Waals surface area contributed by atoms with Gasteiger partial charge in [0.15, 0.2) is 0 Å². The van der Waals surface area contributed by atoms with Gasteiger partial charge in [-0.3, -0.25) is 0 Å². The molecule has 2 bridgehead atoms. The number of hydrogen-bond acceptors (Lipinski definition) is 1. The number of aliphatic hydroxyl groups is 1. The van der Waals surface area contributed by atoms with Crippen molar-refractivity contribution < 1.29 is 5.11 Å². The van der Waals surface area contributed by atoms with Crippen LogP contribution in [0.2, 0.25) is 0 Å². The van der Waals surface area contributed by atoms with Gasteiger partial charge in [0.1, 0.15) is 0 Å². The zero-order chi connectivity index (χ0) is 13.0. The normalized spacial score (nSPS) is 56.5. The molecule has 1 heteroatoms. The van der Waals surface area contributed by atoms with E-state index < -0.39 is 0 Å². The van der Waals surface area contributed by atoms with Gasteiger partial charge in [0.2, 0.25) is 0 Å². The molecule has 4 aliphatic rings. The van der Waals surface area contributed by atoms with Crippen molar-refractivity contribution in [3.05, 3.63) is 0 Å². The van der Waals surface area contributed by atoms with Crippen LogP contribution in [-0.2, 0) is 0 Å². The predicted octanol–water partition coefficient (Wildman–Crippen LogP) is 4.39. The minimum Gasteiger partial charge on any atom is -0.389 e. The molecule has 0 aliphatic heterocycles. The highest BCUT2D eigenvalue weighted by atomic mass is 16.3. The first-order chi connectivity index (χ1) is 9.24. The van der Waals surface area contributed by atoms with E-state index in [9.17, 15) is 5.11 Å². The standard InChI is InChI=1S/C18H30O/c1-2-12-6-3-4-9-16(12)18(19)11-13-10-17(18)15-8-5-7-14(13)15/h12-17,19H,2-11H2,1H3. The molecule has 4 aliphatic carbocycles.